The second kappa shape index (κ2) is 7.52. The molecule has 0 fully saturated rings. The Kier molecular flexibility index (Phi) is 5.38. The van der Waals surface area contributed by atoms with Crippen molar-refractivity contribution in [1.82, 2.24) is 14.9 Å². The molecule has 10 heteroatoms. The van der Waals surface area contributed by atoms with Crippen LogP contribution in [0, 0.1) is 0 Å². The Bertz CT molecular complexity index is 969. The van der Waals surface area contributed by atoms with E-state index in [1.165, 1.54) is 6.07 Å². The SMILES string of the molecule is COc1cccc(-c2nnc(CCNS(=O)(=O)c3ccc(Cl)s3)o2)c1. The zero-order valence-electron chi connectivity index (χ0n) is 13.1. The van der Waals surface area contributed by atoms with Gasteiger partial charge in [0, 0.05) is 18.5 Å². The van der Waals surface area contributed by atoms with E-state index in [4.69, 9.17) is 20.8 Å². The standard InChI is InChI=1S/C15H14ClN3O4S2/c1-22-11-4-2-3-10(9-11)15-19-18-13(23-15)7-8-17-25(20,21)14-6-5-12(16)24-14/h2-6,9,17H,7-8H2,1H3. The number of aromatic nitrogens is 2. The first-order valence-corrected chi connectivity index (χ1v) is 9.87. The molecule has 2 aromatic heterocycles. The van der Waals surface area contributed by atoms with Crippen LogP contribution >= 0.6 is 22.9 Å². The molecule has 0 amide bonds. The number of nitrogens with one attached hydrogen (secondary N) is 1. The number of benzene rings is 1. The fourth-order valence-electron chi connectivity index (χ4n) is 2.03. The summed E-state index contributed by atoms with van der Waals surface area (Å²) in [5, 5.41) is 7.91. The molecule has 0 saturated carbocycles. The van der Waals surface area contributed by atoms with Gasteiger partial charge in [-0.1, -0.05) is 17.7 Å². The normalized spacial score (nSPS) is 11.6. The highest BCUT2D eigenvalue weighted by molar-refractivity contribution is 7.91. The van der Waals surface area contributed by atoms with Crippen LogP contribution in [0.25, 0.3) is 11.5 Å². The maximum absolute atomic E-state index is 12.1. The summed E-state index contributed by atoms with van der Waals surface area (Å²) in [4.78, 5) is 0. The summed E-state index contributed by atoms with van der Waals surface area (Å²) in [6.45, 7) is 0.137. The number of nitrogens with zero attached hydrogens (tertiary/aromatic N) is 2. The molecular weight excluding hydrogens is 386 g/mol. The molecule has 0 radical (unpaired) electrons. The van der Waals surface area contributed by atoms with Gasteiger partial charge >= 0.3 is 0 Å². The first-order chi connectivity index (χ1) is 12.0. The van der Waals surface area contributed by atoms with Crippen LogP contribution < -0.4 is 9.46 Å². The van der Waals surface area contributed by atoms with Crippen LogP contribution in [-0.2, 0) is 16.4 Å². The fraction of sp³-hybridized carbons (Fsp3) is 0.200. The van der Waals surface area contributed by atoms with E-state index in [0.29, 0.717) is 21.9 Å². The van der Waals surface area contributed by atoms with Crippen molar-refractivity contribution < 1.29 is 17.6 Å². The van der Waals surface area contributed by atoms with E-state index in [9.17, 15) is 8.42 Å². The van der Waals surface area contributed by atoms with Crippen LogP contribution in [0.1, 0.15) is 5.89 Å². The second-order valence-corrected chi connectivity index (χ2v) is 8.65. The van der Waals surface area contributed by atoms with Gasteiger partial charge in [0.1, 0.15) is 9.96 Å². The van der Waals surface area contributed by atoms with E-state index in [1.54, 1.807) is 19.2 Å². The van der Waals surface area contributed by atoms with Crippen molar-refractivity contribution in [3.8, 4) is 17.2 Å². The minimum atomic E-state index is -3.59. The zero-order chi connectivity index (χ0) is 17.9. The molecule has 2 heterocycles. The number of thiophene rings is 1. The molecular formula is C15H14ClN3O4S2. The van der Waals surface area contributed by atoms with E-state index >= 15 is 0 Å². The number of methoxy groups -OCH3 is 1. The van der Waals surface area contributed by atoms with Crippen LogP contribution in [0.3, 0.4) is 0 Å². The van der Waals surface area contributed by atoms with Crippen molar-refractivity contribution in [3.63, 3.8) is 0 Å². The lowest BCUT2D eigenvalue weighted by molar-refractivity contribution is 0.414. The number of sulfonamides is 1. The average Bonchev–Trinajstić information content (AvgIpc) is 3.24. The third-order valence-electron chi connectivity index (χ3n) is 3.23. The van der Waals surface area contributed by atoms with Crippen molar-refractivity contribution in [1.29, 1.82) is 0 Å². The smallest absolute Gasteiger partial charge is 0.250 e. The first kappa shape index (κ1) is 17.9. The van der Waals surface area contributed by atoms with Crippen molar-refractivity contribution in [3.05, 3.63) is 46.6 Å². The maximum atomic E-state index is 12.1. The maximum Gasteiger partial charge on any atom is 0.250 e. The molecule has 0 aliphatic rings. The van der Waals surface area contributed by atoms with E-state index in [0.717, 1.165) is 16.9 Å². The Morgan fingerprint density at radius 1 is 1.28 bits per heavy atom. The van der Waals surface area contributed by atoms with E-state index in [2.05, 4.69) is 14.9 Å². The first-order valence-electron chi connectivity index (χ1n) is 7.20. The average molecular weight is 400 g/mol. The van der Waals surface area contributed by atoms with Crippen LogP contribution in [0.5, 0.6) is 5.75 Å². The minimum absolute atomic E-state index is 0.137. The monoisotopic (exact) mass is 399 g/mol. The van der Waals surface area contributed by atoms with Crippen LogP contribution in [-0.4, -0.2) is 32.3 Å². The van der Waals surface area contributed by atoms with E-state index < -0.39 is 10.0 Å². The van der Waals surface area contributed by atoms with Gasteiger partial charge in [0.05, 0.1) is 11.4 Å². The number of ether oxygens (including phenoxy) is 1. The molecule has 0 saturated heterocycles. The van der Waals surface area contributed by atoms with Gasteiger partial charge in [-0.05, 0) is 30.3 Å². The van der Waals surface area contributed by atoms with E-state index in [1.807, 2.05) is 18.2 Å². The Morgan fingerprint density at radius 2 is 2.12 bits per heavy atom. The van der Waals surface area contributed by atoms with Gasteiger partial charge in [-0.2, -0.15) is 0 Å². The molecule has 3 aromatic rings. The van der Waals surface area contributed by atoms with Gasteiger partial charge in [-0.25, -0.2) is 13.1 Å². The summed E-state index contributed by atoms with van der Waals surface area (Å²) in [7, 11) is -2.01. The van der Waals surface area contributed by atoms with Crippen molar-refractivity contribution in [2.24, 2.45) is 0 Å². The number of hydrogen-bond donors (Lipinski definition) is 1. The summed E-state index contributed by atoms with van der Waals surface area (Å²) in [6.07, 6.45) is 0.273. The fourth-order valence-corrected chi connectivity index (χ4v) is 4.59. The van der Waals surface area contributed by atoms with Crippen LogP contribution in [0.15, 0.2) is 45.0 Å². The lowest BCUT2D eigenvalue weighted by atomic mass is 10.2. The third kappa shape index (κ3) is 4.37. The predicted molar refractivity (Wildman–Crippen MR) is 94.5 cm³/mol. The summed E-state index contributed by atoms with van der Waals surface area (Å²) < 4.78 is 38.0. The highest BCUT2D eigenvalue weighted by Crippen LogP contribution is 2.25. The van der Waals surface area contributed by atoms with Crippen LogP contribution in [0.4, 0.5) is 0 Å². The van der Waals surface area contributed by atoms with Gasteiger partial charge < -0.3 is 9.15 Å². The van der Waals surface area contributed by atoms with Gasteiger partial charge in [-0.15, -0.1) is 21.5 Å². The molecule has 132 valence electrons. The molecule has 0 aliphatic carbocycles. The highest BCUT2D eigenvalue weighted by atomic mass is 35.5. The molecule has 1 aromatic carbocycles. The molecule has 3 rings (SSSR count). The largest absolute Gasteiger partial charge is 0.497 e. The molecule has 1 N–H and O–H groups in total. The molecule has 0 unspecified atom stereocenters. The van der Waals surface area contributed by atoms with Gasteiger partial charge in [0.2, 0.25) is 21.8 Å². The number of rotatable bonds is 7. The molecule has 0 spiro atoms. The van der Waals surface area contributed by atoms with Crippen LogP contribution in [0.2, 0.25) is 4.34 Å². The molecule has 0 aliphatic heterocycles. The van der Waals surface area contributed by atoms with Crippen molar-refractivity contribution in [2.45, 2.75) is 10.6 Å². The number of halogens is 1. The highest BCUT2D eigenvalue weighted by Gasteiger charge is 2.17. The van der Waals surface area contributed by atoms with Crippen molar-refractivity contribution in [2.75, 3.05) is 13.7 Å². The number of hydrogen-bond acceptors (Lipinski definition) is 7. The van der Waals surface area contributed by atoms with Gasteiger partial charge in [-0.3, -0.25) is 0 Å². The molecule has 25 heavy (non-hydrogen) atoms. The molecule has 0 bridgehead atoms. The zero-order valence-corrected chi connectivity index (χ0v) is 15.5. The summed E-state index contributed by atoms with van der Waals surface area (Å²) in [6, 6.07) is 10.2. The third-order valence-corrected chi connectivity index (χ3v) is 6.41. The quantitative estimate of drug-likeness (QED) is 0.656. The topological polar surface area (TPSA) is 94.3 Å². The van der Waals surface area contributed by atoms with Crippen molar-refractivity contribution >= 4 is 33.0 Å². The summed E-state index contributed by atoms with van der Waals surface area (Å²) >= 11 is 6.76. The van der Waals surface area contributed by atoms with Gasteiger partial charge in [0.15, 0.2) is 0 Å². The second-order valence-electron chi connectivity index (χ2n) is 4.94. The lowest BCUT2D eigenvalue weighted by Gasteiger charge is -2.02. The predicted octanol–water partition coefficient (Wildman–Crippen LogP) is 2.98. The van der Waals surface area contributed by atoms with E-state index in [-0.39, 0.29) is 17.2 Å². The minimum Gasteiger partial charge on any atom is -0.497 e. The molecule has 7 nitrogen and oxygen atoms in total. The summed E-state index contributed by atoms with van der Waals surface area (Å²) in [5.41, 5.74) is 0.729. The Labute approximate surface area is 153 Å². The Morgan fingerprint density at radius 3 is 2.84 bits per heavy atom. The Hall–Kier alpha value is -1.94. The lowest BCUT2D eigenvalue weighted by Crippen LogP contribution is -2.25. The summed E-state index contributed by atoms with van der Waals surface area (Å²) in [5.74, 6) is 1.37. The van der Waals surface area contributed by atoms with Gasteiger partial charge in [0.25, 0.3) is 0 Å². The molecule has 0 atom stereocenters. The Balaban J connectivity index is 1.62.